The van der Waals surface area contributed by atoms with Gasteiger partial charge in [-0.2, -0.15) is 0 Å². The predicted molar refractivity (Wildman–Crippen MR) is 64.0 cm³/mol. The number of hydrogen-bond acceptors (Lipinski definition) is 3. The highest BCUT2D eigenvalue weighted by molar-refractivity contribution is 5.97. The number of ether oxygens (including phenoxy) is 1. The third-order valence-electron chi connectivity index (χ3n) is 2.27. The van der Waals surface area contributed by atoms with Gasteiger partial charge in [0.05, 0.1) is 6.61 Å². The summed E-state index contributed by atoms with van der Waals surface area (Å²) in [5, 5.41) is 11.4. The molecule has 0 saturated heterocycles. The van der Waals surface area contributed by atoms with Crippen LogP contribution in [0.3, 0.4) is 0 Å². The summed E-state index contributed by atoms with van der Waals surface area (Å²) >= 11 is 0. The second kappa shape index (κ2) is 6.71. The van der Waals surface area contributed by atoms with Crippen molar-refractivity contribution in [1.29, 1.82) is 0 Å². The van der Waals surface area contributed by atoms with Crippen LogP contribution in [-0.2, 0) is 0 Å². The summed E-state index contributed by atoms with van der Waals surface area (Å²) in [5.41, 5.74) is 6.13. The van der Waals surface area contributed by atoms with Gasteiger partial charge >= 0.3 is 0 Å². The van der Waals surface area contributed by atoms with Crippen molar-refractivity contribution < 1.29 is 9.94 Å². The lowest BCUT2D eigenvalue weighted by atomic mass is 10.2. The fourth-order valence-electron chi connectivity index (χ4n) is 1.32. The summed E-state index contributed by atoms with van der Waals surface area (Å²) in [4.78, 5) is 0. The van der Waals surface area contributed by atoms with Gasteiger partial charge in [-0.3, -0.25) is 0 Å². The monoisotopic (exact) mass is 222 g/mol. The molecule has 0 heterocycles. The zero-order chi connectivity index (χ0) is 11.8. The van der Waals surface area contributed by atoms with E-state index in [1.807, 2.05) is 12.1 Å². The maximum Gasteiger partial charge on any atom is 0.170 e. The van der Waals surface area contributed by atoms with Crippen LogP contribution in [0.5, 0.6) is 5.75 Å². The van der Waals surface area contributed by atoms with E-state index in [0.29, 0.717) is 5.56 Å². The molecule has 0 unspecified atom stereocenters. The highest BCUT2D eigenvalue weighted by Crippen LogP contribution is 2.12. The first-order chi connectivity index (χ1) is 7.77. The van der Waals surface area contributed by atoms with Gasteiger partial charge in [-0.05, 0) is 30.7 Å². The first-order valence-corrected chi connectivity index (χ1v) is 5.48. The number of benzene rings is 1. The Bertz CT molecular complexity index is 333. The van der Waals surface area contributed by atoms with E-state index in [0.717, 1.165) is 18.8 Å². The van der Waals surface area contributed by atoms with Crippen LogP contribution in [-0.4, -0.2) is 17.6 Å². The maximum atomic E-state index is 8.49. The molecule has 1 aromatic rings. The molecule has 0 aromatic heterocycles. The first kappa shape index (κ1) is 12.4. The number of nitrogens with zero attached hydrogens (tertiary/aromatic N) is 1. The summed E-state index contributed by atoms with van der Waals surface area (Å²) in [6.45, 7) is 2.89. The van der Waals surface area contributed by atoms with Gasteiger partial charge in [0.25, 0.3) is 0 Å². The summed E-state index contributed by atoms with van der Waals surface area (Å²) < 4.78 is 5.53. The van der Waals surface area contributed by atoms with Gasteiger partial charge < -0.3 is 15.7 Å². The van der Waals surface area contributed by atoms with Gasteiger partial charge in [0.2, 0.25) is 0 Å². The van der Waals surface area contributed by atoms with Gasteiger partial charge in [-0.25, -0.2) is 0 Å². The molecule has 0 bridgehead atoms. The van der Waals surface area contributed by atoms with Crippen molar-refractivity contribution in [3.05, 3.63) is 29.8 Å². The van der Waals surface area contributed by atoms with E-state index < -0.39 is 0 Å². The minimum Gasteiger partial charge on any atom is -0.494 e. The summed E-state index contributed by atoms with van der Waals surface area (Å²) in [7, 11) is 0. The van der Waals surface area contributed by atoms with Crippen molar-refractivity contribution in [1.82, 2.24) is 0 Å². The fourth-order valence-corrected chi connectivity index (χ4v) is 1.32. The molecule has 0 aliphatic heterocycles. The summed E-state index contributed by atoms with van der Waals surface area (Å²) in [5.74, 6) is 0.920. The highest BCUT2D eigenvalue weighted by atomic mass is 16.5. The summed E-state index contributed by atoms with van der Waals surface area (Å²) in [6, 6.07) is 7.17. The van der Waals surface area contributed by atoms with E-state index >= 15 is 0 Å². The fraction of sp³-hybridized carbons (Fsp3) is 0.417. The van der Waals surface area contributed by atoms with Gasteiger partial charge in [-0.1, -0.05) is 24.9 Å². The molecule has 1 rings (SSSR count). The van der Waals surface area contributed by atoms with E-state index in [-0.39, 0.29) is 5.84 Å². The Morgan fingerprint density at radius 2 is 2.00 bits per heavy atom. The van der Waals surface area contributed by atoms with Gasteiger partial charge in [0, 0.05) is 5.56 Å². The van der Waals surface area contributed by atoms with Crippen LogP contribution in [0.2, 0.25) is 0 Å². The minimum absolute atomic E-state index is 0.109. The molecule has 0 aliphatic rings. The standard InChI is InChI=1S/C12H18N2O2/c1-2-3-4-9-16-11-7-5-10(6-8-11)12(13)14-15/h5-8,15H,2-4,9H2,1H3,(H2,13,14). The molecule has 0 spiro atoms. The molecule has 3 N–H and O–H groups in total. The Labute approximate surface area is 95.7 Å². The molecule has 0 aliphatic carbocycles. The van der Waals surface area contributed by atoms with Crippen molar-refractivity contribution >= 4 is 5.84 Å². The van der Waals surface area contributed by atoms with Crippen molar-refractivity contribution in [2.45, 2.75) is 26.2 Å². The van der Waals surface area contributed by atoms with E-state index in [9.17, 15) is 0 Å². The van der Waals surface area contributed by atoms with Crippen LogP contribution in [0.1, 0.15) is 31.7 Å². The Morgan fingerprint density at radius 1 is 1.31 bits per heavy atom. The molecule has 4 heteroatoms. The van der Waals surface area contributed by atoms with Gasteiger partial charge in [0.15, 0.2) is 5.84 Å². The van der Waals surface area contributed by atoms with Crippen molar-refractivity contribution in [3.8, 4) is 5.75 Å². The number of nitrogens with two attached hydrogens (primary N) is 1. The molecule has 1 aromatic carbocycles. The molecule has 0 amide bonds. The van der Waals surface area contributed by atoms with Crippen molar-refractivity contribution in [2.24, 2.45) is 10.9 Å². The zero-order valence-corrected chi connectivity index (χ0v) is 9.52. The lowest BCUT2D eigenvalue weighted by Crippen LogP contribution is -2.12. The average molecular weight is 222 g/mol. The van der Waals surface area contributed by atoms with Gasteiger partial charge in [0.1, 0.15) is 5.75 Å². The van der Waals surface area contributed by atoms with Crippen LogP contribution in [0.4, 0.5) is 0 Å². The number of oxime groups is 1. The molecular weight excluding hydrogens is 204 g/mol. The van der Waals surface area contributed by atoms with Crippen LogP contribution >= 0.6 is 0 Å². The van der Waals surface area contributed by atoms with Crippen LogP contribution in [0.15, 0.2) is 29.4 Å². The third-order valence-corrected chi connectivity index (χ3v) is 2.27. The predicted octanol–water partition coefficient (Wildman–Crippen LogP) is 2.35. The van der Waals surface area contributed by atoms with Crippen LogP contribution in [0.25, 0.3) is 0 Å². The maximum absolute atomic E-state index is 8.49. The normalized spacial score (nSPS) is 11.4. The average Bonchev–Trinajstić information content (AvgIpc) is 2.34. The Morgan fingerprint density at radius 3 is 2.56 bits per heavy atom. The molecular formula is C12H18N2O2. The number of hydrogen-bond donors (Lipinski definition) is 2. The Balaban J connectivity index is 2.45. The number of rotatable bonds is 6. The largest absolute Gasteiger partial charge is 0.494 e. The van der Waals surface area contributed by atoms with Crippen molar-refractivity contribution in [2.75, 3.05) is 6.61 Å². The van der Waals surface area contributed by atoms with E-state index in [1.165, 1.54) is 12.8 Å². The highest BCUT2D eigenvalue weighted by Gasteiger charge is 1.99. The lowest BCUT2D eigenvalue weighted by Gasteiger charge is -2.06. The second-order valence-electron chi connectivity index (χ2n) is 3.57. The number of unbranched alkanes of at least 4 members (excludes halogenated alkanes) is 2. The molecule has 0 atom stereocenters. The van der Waals surface area contributed by atoms with Crippen LogP contribution in [0, 0.1) is 0 Å². The Hall–Kier alpha value is -1.71. The first-order valence-electron chi connectivity index (χ1n) is 5.48. The molecule has 0 saturated carbocycles. The topological polar surface area (TPSA) is 67.8 Å². The second-order valence-corrected chi connectivity index (χ2v) is 3.57. The lowest BCUT2D eigenvalue weighted by molar-refractivity contribution is 0.306. The smallest absolute Gasteiger partial charge is 0.170 e. The summed E-state index contributed by atoms with van der Waals surface area (Å²) in [6.07, 6.45) is 3.44. The third kappa shape index (κ3) is 3.81. The quantitative estimate of drug-likeness (QED) is 0.255. The molecule has 4 nitrogen and oxygen atoms in total. The number of amidine groups is 1. The molecule has 88 valence electrons. The molecule has 0 radical (unpaired) electrons. The Kier molecular flexibility index (Phi) is 5.19. The SMILES string of the molecule is CCCCCOc1ccc(/C(N)=N/O)cc1. The van der Waals surface area contributed by atoms with E-state index in [1.54, 1.807) is 12.1 Å². The minimum atomic E-state index is 0.109. The van der Waals surface area contributed by atoms with Gasteiger partial charge in [-0.15, -0.1) is 0 Å². The molecule has 0 fully saturated rings. The van der Waals surface area contributed by atoms with Crippen LogP contribution < -0.4 is 10.5 Å². The molecule has 16 heavy (non-hydrogen) atoms. The van der Waals surface area contributed by atoms with Crippen molar-refractivity contribution in [3.63, 3.8) is 0 Å². The zero-order valence-electron chi connectivity index (χ0n) is 9.52. The van der Waals surface area contributed by atoms with E-state index in [2.05, 4.69) is 12.1 Å². The van der Waals surface area contributed by atoms with E-state index in [4.69, 9.17) is 15.7 Å².